The number of anilines is 2. The van der Waals surface area contributed by atoms with Crippen LogP contribution in [0.2, 0.25) is 5.02 Å². The molecule has 0 radical (unpaired) electrons. The van der Waals surface area contributed by atoms with Crippen LogP contribution in [0.5, 0.6) is 0 Å². The van der Waals surface area contributed by atoms with Crippen molar-refractivity contribution in [2.45, 2.75) is 6.54 Å². The van der Waals surface area contributed by atoms with E-state index in [4.69, 9.17) is 11.6 Å². The maximum absolute atomic E-state index is 13.0. The quantitative estimate of drug-likeness (QED) is 0.675. The van der Waals surface area contributed by atoms with Crippen LogP contribution >= 0.6 is 11.6 Å². The summed E-state index contributed by atoms with van der Waals surface area (Å²) < 4.78 is 14.4. The first-order valence-electron chi connectivity index (χ1n) is 9.17. The molecule has 7 heteroatoms. The zero-order valence-corrected chi connectivity index (χ0v) is 16.0. The Bertz CT molecular complexity index is 999. The van der Waals surface area contributed by atoms with Gasteiger partial charge in [0.25, 0.3) is 5.56 Å². The second-order valence-electron chi connectivity index (χ2n) is 6.74. The number of nitrogens with zero attached hydrogens (tertiary/aromatic N) is 4. The predicted octanol–water partition coefficient (Wildman–Crippen LogP) is 3.41. The van der Waals surface area contributed by atoms with Crippen molar-refractivity contribution in [2.75, 3.05) is 36.0 Å². The Labute approximate surface area is 167 Å². The lowest BCUT2D eigenvalue weighted by molar-refractivity contribution is 0.614. The van der Waals surface area contributed by atoms with Crippen LogP contribution in [0, 0.1) is 5.82 Å². The van der Waals surface area contributed by atoms with E-state index in [1.54, 1.807) is 18.3 Å². The van der Waals surface area contributed by atoms with Gasteiger partial charge in [-0.3, -0.25) is 4.79 Å². The number of halogens is 2. The third kappa shape index (κ3) is 3.87. The molecule has 4 rings (SSSR count). The zero-order chi connectivity index (χ0) is 19.5. The molecular formula is C21H20ClFN4O. The van der Waals surface area contributed by atoms with Crippen molar-refractivity contribution in [3.63, 3.8) is 0 Å². The SMILES string of the molecule is O=c1c(Cl)c(N2CCN(c3ccccc3)CC2)cnn1Cc1ccc(F)cc1. The van der Waals surface area contributed by atoms with Crippen LogP contribution in [-0.4, -0.2) is 36.0 Å². The molecule has 0 bridgehead atoms. The predicted molar refractivity (Wildman–Crippen MR) is 110 cm³/mol. The molecule has 0 unspecified atom stereocenters. The van der Waals surface area contributed by atoms with Crippen LogP contribution in [0.1, 0.15) is 5.56 Å². The minimum atomic E-state index is -0.339. The number of hydrogen-bond acceptors (Lipinski definition) is 4. The highest BCUT2D eigenvalue weighted by Crippen LogP contribution is 2.24. The van der Waals surface area contributed by atoms with E-state index in [9.17, 15) is 9.18 Å². The van der Waals surface area contributed by atoms with Crippen molar-refractivity contribution in [3.8, 4) is 0 Å². The van der Waals surface area contributed by atoms with Gasteiger partial charge in [0, 0.05) is 31.9 Å². The lowest BCUT2D eigenvalue weighted by atomic mass is 10.2. The number of para-hydroxylation sites is 1. The Morgan fingerprint density at radius 1 is 0.929 bits per heavy atom. The fraction of sp³-hybridized carbons (Fsp3) is 0.238. The third-order valence-electron chi connectivity index (χ3n) is 4.95. The molecular weight excluding hydrogens is 379 g/mol. The van der Waals surface area contributed by atoms with Gasteiger partial charge >= 0.3 is 0 Å². The molecule has 144 valence electrons. The van der Waals surface area contributed by atoms with Crippen LogP contribution in [0.25, 0.3) is 0 Å². The van der Waals surface area contributed by atoms with Crippen molar-refractivity contribution >= 4 is 23.0 Å². The summed E-state index contributed by atoms with van der Waals surface area (Å²) in [6.07, 6.45) is 1.64. The van der Waals surface area contributed by atoms with E-state index in [0.717, 1.165) is 31.7 Å². The Hall–Kier alpha value is -2.86. The highest BCUT2D eigenvalue weighted by atomic mass is 35.5. The van der Waals surface area contributed by atoms with Crippen LogP contribution in [-0.2, 0) is 6.54 Å². The van der Waals surface area contributed by atoms with Gasteiger partial charge < -0.3 is 9.80 Å². The van der Waals surface area contributed by atoms with E-state index < -0.39 is 0 Å². The van der Waals surface area contributed by atoms with Gasteiger partial charge in [0.2, 0.25) is 0 Å². The van der Waals surface area contributed by atoms with Crippen LogP contribution in [0.15, 0.2) is 65.6 Å². The Morgan fingerprint density at radius 2 is 1.57 bits per heavy atom. The van der Waals surface area contributed by atoms with Gasteiger partial charge in [0.1, 0.15) is 10.8 Å². The first-order chi connectivity index (χ1) is 13.6. The maximum Gasteiger partial charge on any atom is 0.287 e. The lowest BCUT2D eigenvalue weighted by Gasteiger charge is -2.37. The number of rotatable bonds is 4. The number of aromatic nitrogens is 2. The molecule has 1 aliphatic heterocycles. The summed E-state index contributed by atoms with van der Waals surface area (Å²) in [7, 11) is 0. The zero-order valence-electron chi connectivity index (χ0n) is 15.3. The van der Waals surface area contributed by atoms with Crippen LogP contribution in [0.3, 0.4) is 0 Å². The highest BCUT2D eigenvalue weighted by Gasteiger charge is 2.21. The number of benzene rings is 2. The molecule has 1 aromatic heterocycles. The Kier molecular flexibility index (Phi) is 5.30. The van der Waals surface area contributed by atoms with Crippen LogP contribution in [0.4, 0.5) is 15.8 Å². The molecule has 1 saturated heterocycles. The average molecular weight is 399 g/mol. The third-order valence-corrected chi connectivity index (χ3v) is 5.31. The second-order valence-corrected chi connectivity index (χ2v) is 7.12. The summed E-state index contributed by atoms with van der Waals surface area (Å²) >= 11 is 6.39. The molecule has 5 nitrogen and oxygen atoms in total. The minimum absolute atomic E-state index is 0.172. The first-order valence-corrected chi connectivity index (χ1v) is 9.54. The van der Waals surface area contributed by atoms with Gasteiger partial charge in [-0.15, -0.1) is 0 Å². The van der Waals surface area contributed by atoms with Gasteiger partial charge in [-0.1, -0.05) is 41.9 Å². The Balaban J connectivity index is 1.48. The molecule has 0 atom stereocenters. The monoisotopic (exact) mass is 398 g/mol. The van der Waals surface area contributed by atoms with E-state index in [1.165, 1.54) is 22.5 Å². The summed E-state index contributed by atoms with van der Waals surface area (Å²) in [5.74, 6) is -0.313. The molecule has 0 aliphatic carbocycles. The van der Waals surface area contributed by atoms with Gasteiger partial charge in [0.05, 0.1) is 18.4 Å². The van der Waals surface area contributed by atoms with E-state index in [0.29, 0.717) is 5.69 Å². The standard InChI is InChI=1S/C21H20ClFN4O/c22-20-19(26-12-10-25(11-13-26)18-4-2-1-3-5-18)14-24-27(21(20)28)15-16-6-8-17(23)9-7-16/h1-9,14H,10-13,15H2. The molecule has 2 heterocycles. The minimum Gasteiger partial charge on any atom is -0.368 e. The molecule has 0 saturated carbocycles. The van der Waals surface area contributed by atoms with Crippen molar-refractivity contribution in [3.05, 3.63) is 87.6 Å². The molecule has 1 fully saturated rings. The van der Waals surface area contributed by atoms with E-state index in [1.807, 2.05) is 18.2 Å². The molecule has 3 aromatic rings. The number of piperazine rings is 1. The molecule has 0 amide bonds. The maximum atomic E-state index is 13.0. The molecule has 0 spiro atoms. The van der Waals surface area contributed by atoms with Crippen LogP contribution < -0.4 is 15.4 Å². The molecule has 1 aliphatic rings. The van der Waals surface area contributed by atoms with Gasteiger partial charge in [-0.05, 0) is 29.8 Å². The van der Waals surface area contributed by atoms with Crippen molar-refractivity contribution in [1.29, 1.82) is 0 Å². The first kappa shape index (κ1) is 18.5. The smallest absolute Gasteiger partial charge is 0.287 e. The fourth-order valence-corrected chi connectivity index (χ4v) is 3.66. The van der Waals surface area contributed by atoms with E-state index in [2.05, 4.69) is 27.0 Å². The largest absolute Gasteiger partial charge is 0.368 e. The average Bonchev–Trinajstić information content (AvgIpc) is 2.74. The van der Waals surface area contributed by atoms with Gasteiger partial charge in [-0.2, -0.15) is 5.10 Å². The molecule has 2 aromatic carbocycles. The van der Waals surface area contributed by atoms with Gasteiger partial charge in [0.15, 0.2) is 0 Å². The van der Waals surface area contributed by atoms with E-state index >= 15 is 0 Å². The van der Waals surface area contributed by atoms with Crippen molar-refractivity contribution < 1.29 is 4.39 Å². The lowest BCUT2D eigenvalue weighted by Crippen LogP contribution is -2.47. The summed E-state index contributed by atoms with van der Waals surface area (Å²) in [5, 5.41) is 4.45. The fourth-order valence-electron chi connectivity index (χ4n) is 3.40. The highest BCUT2D eigenvalue weighted by molar-refractivity contribution is 6.33. The second kappa shape index (κ2) is 8.02. The summed E-state index contributed by atoms with van der Waals surface area (Å²) in [4.78, 5) is 17.1. The topological polar surface area (TPSA) is 41.4 Å². The Morgan fingerprint density at radius 3 is 2.25 bits per heavy atom. The summed E-state index contributed by atoms with van der Waals surface area (Å²) in [6, 6.07) is 16.3. The number of hydrogen-bond donors (Lipinski definition) is 0. The summed E-state index contributed by atoms with van der Waals surface area (Å²) in [6.45, 7) is 3.47. The normalized spacial score (nSPS) is 14.4. The summed E-state index contributed by atoms with van der Waals surface area (Å²) in [5.41, 5.74) is 2.31. The van der Waals surface area contributed by atoms with Crippen molar-refractivity contribution in [1.82, 2.24) is 9.78 Å². The van der Waals surface area contributed by atoms with Crippen molar-refractivity contribution in [2.24, 2.45) is 0 Å². The molecule has 28 heavy (non-hydrogen) atoms. The molecule has 0 N–H and O–H groups in total. The van der Waals surface area contributed by atoms with E-state index in [-0.39, 0.29) is 22.9 Å². The van der Waals surface area contributed by atoms with Gasteiger partial charge in [-0.25, -0.2) is 9.07 Å².